The zero-order valence-corrected chi connectivity index (χ0v) is 19.7. The van der Waals surface area contributed by atoms with Crippen molar-refractivity contribution in [3.05, 3.63) is 58.1 Å². The molecular formula is C24H20N2O8S. The SMILES string of the molecule is COC(=O)c1ccc(OC)c(N2C(=O)[C@H]3[C@H](SC(N)=C4C(=O)Oc5c(OC)cccc5[C@@H]43)C2=O)c1. The molecule has 2 aromatic rings. The third-order valence-electron chi connectivity index (χ3n) is 6.30. The highest BCUT2D eigenvalue weighted by molar-refractivity contribution is 8.04. The first-order chi connectivity index (χ1) is 16.8. The fraction of sp³-hybridized carbons (Fsp3) is 0.250. The first kappa shape index (κ1) is 22.8. The number of methoxy groups -OCH3 is 3. The fourth-order valence-electron chi connectivity index (χ4n) is 4.76. The molecule has 3 atom stereocenters. The van der Waals surface area contributed by atoms with Crippen molar-refractivity contribution in [1.82, 2.24) is 0 Å². The monoisotopic (exact) mass is 496 g/mol. The van der Waals surface area contributed by atoms with Gasteiger partial charge in [-0.2, -0.15) is 0 Å². The lowest BCUT2D eigenvalue weighted by molar-refractivity contribution is -0.132. The molecule has 0 unspecified atom stereocenters. The second-order valence-electron chi connectivity index (χ2n) is 7.98. The fourth-order valence-corrected chi connectivity index (χ4v) is 6.00. The van der Waals surface area contributed by atoms with E-state index in [9.17, 15) is 19.2 Å². The van der Waals surface area contributed by atoms with Gasteiger partial charge in [0.1, 0.15) is 11.0 Å². The van der Waals surface area contributed by atoms with E-state index in [-0.39, 0.29) is 33.4 Å². The number of nitrogens with zero attached hydrogens (tertiary/aromatic N) is 1. The van der Waals surface area contributed by atoms with E-state index in [1.165, 1.54) is 39.5 Å². The van der Waals surface area contributed by atoms with Gasteiger partial charge in [-0.05, 0) is 24.3 Å². The van der Waals surface area contributed by atoms with E-state index in [0.29, 0.717) is 11.3 Å². The van der Waals surface area contributed by atoms with E-state index in [1.807, 2.05) is 0 Å². The Morgan fingerprint density at radius 1 is 1.03 bits per heavy atom. The molecule has 0 aromatic heterocycles. The van der Waals surface area contributed by atoms with Crippen molar-refractivity contribution >= 4 is 41.2 Å². The number of hydrogen-bond donors (Lipinski definition) is 1. The second kappa shape index (κ2) is 8.35. The molecule has 0 bridgehead atoms. The zero-order chi connectivity index (χ0) is 25.0. The summed E-state index contributed by atoms with van der Waals surface area (Å²) in [5, 5.41) is -0.777. The molecule has 1 saturated heterocycles. The molecule has 3 aliphatic heterocycles. The number of benzene rings is 2. The Bertz CT molecular complexity index is 1340. The molecule has 3 aliphatic rings. The number of hydrogen-bond acceptors (Lipinski definition) is 10. The molecule has 11 heteroatoms. The van der Waals surface area contributed by atoms with Crippen molar-refractivity contribution in [2.75, 3.05) is 26.2 Å². The van der Waals surface area contributed by atoms with Gasteiger partial charge in [0.05, 0.1) is 49.1 Å². The highest BCUT2D eigenvalue weighted by Gasteiger charge is 2.59. The zero-order valence-electron chi connectivity index (χ0n) is 18.9. The van der Waals surface area contributed by atoms with Crippen LogP contribution in [0, 0.1) is 5.92 Å². The van der Waals surface area contributed by atoms with E-state index in [0.717, 1.165) is 16.7 Å². The number of thioether (sulfide) groups is 1. The van der Waals surface area contributed by atoms with Gasteiger partial charge in [-0.15, -0.1) is 0 Å². The maximum absolute atomic E-state index is 13.9. The van der Waals surface area contributed by atoms with Gasteiger partial charge in [0.15, 0.2) is 11.5 Å². The summed E-state index contributed by atoms with van der Waals surface area (Å²) in [6.07, 6.45) is 0. The predicted molar refractivity (Wildman–Crippen MR) is 124 cm³/mol. The molecular weight excluding hydrogens is 476 g/mol. The topological polar surface area (TPSA) is 134 Å². The third kappa shape index (κ3) is 3.26. The van der Waals surface area contributed by atoms with Gasteiger partial charge in [-0.25, -0.2) is 14.5 Å². The van der Waals surface area contributed by atoms with Gasteiger partial charge in [0, 0.05) is 11.5 Å². The third-order valence-corrected chi connectivity index (χ3v) is 7.53. The summed E-state index contributed by atoms with van der Waals surface area (Å²) in [6, 6.07) is 9.38. The summed E-state index contributed by atoms with van der Waals surface area (Å²) in [5.41, 5.74) is 7.14. The minimum Gasteiger partial charge on any atom is -0.495 e. The number of amides is 2. The maximum atomic E-state index is 13.9. The Hall–Kier alpha value is -3.99. The summed E-state index contributed by atoms with van der Waals surface area (Å²) in [5.74, 6) is -3.44. The standard InChI is InChI=1S/C24H20N2O8S/c1-31-13-8-7-10(23(29)33-3)9-12(13)26-21(27)16-15-11-5-4-6-14(32-2)18(11)34-24(30)17(15)20(25)35-19(16)22(26)28/h4-9,15-16,19H,25H2,1-3H3/t15-,16-,19+/m1/s1. The number of esters is 2. The van der Waals surface area contributed by atoms with Crippen LogP contribution in [0.15, 0.2) is 47.0 Å². The number of rotatable bonds is 4. The number of imide groups is 1. The smallest absolute Gasteiger partial charge is 0.342 e. The van der Waals surface area contributed by atoms with Gasteiger partial charge in [0.2, 0.25) is 11.8 Å². The molecule has 3 heterocycles. The van der Waals surface area contributed by atoms with Gasteiger partial charge in [0.25, 0.3) is 0 Å². The first-order valence-electron chi connectivity index (χ1n) is 10.5. The van der Waals surface area contributed by atoms with Crippen molar-refractivity contribution in [3.63, 3.8) is 0 Å². The molecule has 35 heavy (non-hydrogen) atoms. The van der Waals surface area contributed by atoms with Gasteiger partial charge in [-0.1, -0.05) is 23.9 Å². The Kier molecular flexibility index (Phi) is 5.43. The molecule has 2 amide bonds. The number of anilines is 1. The van der Waals surface area contributed by atoms with Gasteiger partial charge >= 0.3 is 11.9 Å². The van der Waals surface area contributed by atoms with Crippen LogP contribution >= 0.6 is 11.8 Å². The highest BCUT2D eigenvalue weighted by Crippen LogP contribution is 2.56. The van der Waals surface area contributed by atoms with Crippen molar-refractivity contribution in [2.24, 2.45) is 11.7 Å². The number of para-hydroxylation sites is 1. The first-order valence-corrected chi connectivity index (χ1v) is 11.4. The van der Waals surface area contributed by atoms with Crippen LogP contribution in [-0.4, -0.2) is 50.3 Å². The minimum atomic E-state index is -0.944. The molecule has 2 N–H and O–H groups in total. The number of nitrogens with two attached hydrogens (primary N) is 1. The van der Waals surface area contributed by atoms with Crippen molar-refractivity contribution in [1.29, 1.82) is 0 Å². The van der Waals surface area contributed by atoms with E-state index in [1.54, 1.807) is 18.2 Å². The molecule has 0 saturated carbocycles. The minimum absolute atomic E-state index is 0.102. The van der Waals surface area contributed by atoms with Crippen LogP contribution in [0.5, 0.6) is 17.2 Å². The molecule has 2 aromatic carbocycles. The summed E-state index contributed by atoms with van der Waals surface area (Å²) in [6.45, 7) is 0. The number of carbonyl (C=O) groups excluding carboxylic acids is 4. The van der Waals surface area contributed by atoms with Crippen LogP contribution in [0.1, 0.15) is 21.8 Å². The van der Waals surface area contributed by atoms with Crippen LogP contribution in [0.2, 0.25) is 0 Å². The predicted octanol–water partition coefficient (Wildman–Crippen LogP) is 1.97. The lowest BCUT2D eigenvalue weighted by atomic mass is 9.77. The van der Waals surface area contributed by atoms with Crippen LogP contribution < -0.4 is 24.8 Å². The number of ether oxygens (including phenoxy) is 4. The summed E-state index contributed by atoms with van der Waals surface area (Å²) in [4.78, 5) is 53.5. The van der Waals surface area contributed by atoms with Crippen molar-refractivity contribution < 1.29 is 38.1 Å². The molecule has 0 spiro atoms. The molecule has 5 rings (SSSR count). The van der Waals surface area contributed by atoms with Crippen LogP contribution in [0.3, 0.4) is 0 Å². The summed E-state index contributed by atoms with van der Waals surface area (Å²) < 4.78 is 21.0. The Balaban J connectivity index is 1.66. The molecule has 10 nitrogen and oxygen atoms in total. The Morgan fingerprint density at radius 2 is 1.77 bits per heavy atom. The average molecular weight is 496 g/mol. The van der Waals surface area contributed by atoms with E-state index in [2.05, 4.69) is 0 Å². The maximum Gasteiger partial charge on any atom is 0.342 e. The van der Waals surface area contributed by atoms with Crippen LogP contribution in [-0.2, 0) is 19.1 Å². The largest absolute Gasteiger partial charge is 0.495 e. The van der Waals surface area contributed by atoms with Crippen molar-refractivity contribution in [3.8, 4) is 17.2 Å². The van der Waals surface area contributed by atoms with E-state index >= 15 is 0 Å². The average Bonchev–Trinajstić information content (AvgIpc) is 3.11. The molecule has 1 fully saturated rings. The summed E-state index contributed by atoms with van der Waals surface area (Å²) in [7, 11) is 4.06. The number of carbonyl (C=O) groups is 4. The lowest BCUT2D eigenvalue weighted by Gasteiger charge is -2.36. The number of fused-ring (bicyclic) bond motifs is 5. The highest BCUT2D eigenvalue weighted by atomic mass is 32.2. The molecule has 180 valence electrons. The molecule has 0 radical (unpaired) electrons. The quantitative estimate of drug-likeness (QED) is 0.380. The Labute approximate surface area is 203 Å². The van der Waals surface area contributed by atoms with Gasteiger partial charge in [-0.3, -0.25) is 9.59 Å². The normalized spacial score (nSPS) is 22.8. The van der Waals surface area contributed by atoms with E-state index < -0.39 is 40.8 Å². The summed E-state index contributed by atoms with van der Waals surface area (Å²) >= 11 is 0.951. The van der Waals surface area contributed by atoms with E-state index in [4.69, 9.17) is 24.7 Å². The van der Waals surface area contributed by atoms with Crippen LogP contribution in [0.4, 0.5) is 5.69 Å². The molecule has 0 aliphatic carbocycles. The Morgan fingerprint density at radius 3 is 2.46 bits per heavy atom. The van der Waals surface area contributed by atoms with Gasteiger partial charge < -0.3 is 24.7 Å². The lowest BCUT2D eigenvalue weighted by Crippen LogP contribution is -2.39. The van der Waals surface area contributed by atoms with Crippen LogP contribution in [0.25, 0.3) is 0 Å². The second-order valence-corrected chi connectivity index (χ2v) is 9.16. The van der Waals surface area contributed by atoms with Crippen molar-refractivity contribution in [2.45, 2.75) is 11.2 Å².